The minimum Gasteiger partial charge on any atom is -0.379 e. The second-order valence-corrected chi connectivity index (χ2v) is 10.2. The molecule has 0 bridgehead atoms. The Morgan fingerprint density at radius 2 is 1.74 bits per heavy atom. The molecule has 0 amide bonds. The van der Waals surface area contributed by atoms with Gasteiger partial charge in [0, 0.05) is 63.8 Å². The maximum absolute atomic E-state index is 5.54. The Kier molecular flexibility index (Phi) is 7.10. The van der Waals surface area contributed by atoms with Crippen LogP contribution in [0.2, 0.25) is 0 Å². The third-order valence-electron chi connectivity index (χ3n) is 7.30. The summed E-state index contributed by atoms with van der Waals surface area (Å²) in [4.78, 5) is 22.1. The van der Waals surface area contributed by atoms with E-state index in [0.717, 1.165) is 120 Å². The Morgan fingerprint density at radius 1 is 0.971 bits per heavy atom. The lowest BCUT2D eigenvalue weighted by molar-refractivity contribution is 0.0114. The lowest BCUT2D eigenvalue weighted by Crippen LogP contribution is -2.49. The third kappa shape index (κ3) is 5.14. The van der Waals surface area contributed by atoms with Crippen LogP contribution in [-0.4, -0.2) is 114 Å². The van der Waals surface area contributed by atoms with Gasteiger partial charge in [0.05, 0.1) is 32.1 Å². The Labute approximate surface area is 209 Å². The number of nitrogens with zero attached hydrogens (tertiary/aromatic N) is 7. The fourth-order valence-corrected chi connectivity index (χ4v) is 5.90. The van der Waals surface area contributed by atoms with Gasteiger partial charge in [-0.05, 0) is 24.3 Å². The van der Waals surface area contributed by atoms with Crippen molar-refractivity contribution < 1.29 is 9.47 Å². The summed E-state index contributed by atoms with van der Waals surface area (Å²) in [7, 11) is 0. The second-order valence-electron chi connectivity index (χ2n) is 9.39. The first-order valence-corrected chi connectivity index (χ1v) is 13.7. The fourth-order valence-electron chi connectivity index (χ4n) is 5.27. The molecule has 0 spiro atoms. The minimum atomic E-state index is 0.626. The summed E-state index contributed by atoms with van der Waals surface area (Å²) >= 11 is 1.68. The van der Waals surface area contributed by atoms with Crippen LogP contribution in [0.3, 0.4) is 0 Å². The maximum Gasteiger partial charge on any atom is 0.229 e. The van der Waals surface area contributed by atoms with Gasteiger partial charge in [0.1, 0.15) is 6.33 Å². The van der Waals surface area contributed by atoms with Crippen molar-refractivity contribution >= 4 is 34.3 Å². The van der Waals surface area contributed by atoms with Gasteiger partial charge in [0.2, 0.25) is 5.95 Å². The van der Waals surface area contributed by atoms with E-state index in [4.69, 9.17) is 24.4 Å². The zero-order chi connectivity index (χ0) is 23.5. The van der Waals surface area contributed by atoms with Crippen LogP contribution >= 0.6 is 11.3 Å². The van der Waals surface area contributed by atoms with Crippen molar-refractivity contribution in [1.82, 2.24) is 29.3 Å². The van der Waals surface area contributed by atoms with Gasteiger partial charge in [0.15, 0.2) is 17.0 Å². The van der Waals surface area contributed by atoms with E-state index < -0.39 is 0 Å². The number of thiophene rings is 1. The molecule has 1 N–H and O–H groups in total. The molecule has 3 aliphatic rings. The average molecular weight is 499 g/mol. The normalized spacial score (nSPS) is 21.1. The topological polar surface area (TPSA) is 83.8 Å². The van der Waals surface area contributed by atoms with Gasteiger partial charge < -0.3 is 19.7 Å². The Hall–Kier alpha value is -2.31. The number of hydrogen-bond donors (Lipinski definition) is 1. The molecule has 0 aliphatic carbocycles. The number of nitrogens with one attached hydrogen (secondary N) is 1. The highest BCUT2D eigenvalue weighted by molar-refractivity contribution is 7.08. The molecule has 3 aromatic heterocycles. The molecule has 0 unspecified atom stereocenters. The molecule has 0 radical (unpaired) electrons. The number of ether oxygens (including phenoxy) is 2. The van der Waals surface area contributed by atoms with Crippen molar-refractivity contribution in [2.24, 2.45) is 0 Å². The van der Waals surface area contributed by atoms with Crippen LogP contribution in [0.15, 0.2) is 23.2 Å². The van der Waals surface area contributed by atoms with Crippen LogP contribution < -0.4 is 10.2 Å². The van der Waals surface area contributed by atoms with Gasteiger partial charge >= 0.3 is 0 Å². The van der Waals surface area contributed by atoms with Gasteiger partial charge in [-0.3, -0.25) is 14.4 Å². The molecule has 0 aromatic carbocycles. The van der Waals surface area contributed by atoms with Crippen molar-refractivity contribution in [1.29, 1.82) is 0 Å². The predicted molar refractivity (Wildman–Crippen MR) is 138 cm³/mol. The van der Waals surface area contributed by atoms with Gasteiger partial charge in [0.25, 0.3) is 0 Å². The first-order valence-electron chi connectivity index (χ1n) is 12.7. The Balaban J connectivity index is 1.22. The van der Waals surface area contributed by atoms with Gasteiger partial charge in [-0.15, -0.1) is 0 Å². The van der Waals surface area contributed by atoms with E-state index in [2.05, 4.69) is 41.4 Å². The summed E-state index contributed by atoms with van der Waals surface area (Å²) in [6, 6.07) is 2.73. The van der Waals surface area contributed by atoms with E-state index in [1.807, 2.05) is 6.33 Å². The second kappa shape index (κ2) is 10.8. The summed E-state index contributed by atoms with van der Waals surface area (Å²) in [5.74, 6) is 1.62. The molecule has 3 aliphatic heterocycles. The molecule has 6 rings (SSSR count). The van der Waals surface area contributed by atoms with Crippen LogP contribution in [-0.2, 0) is 9.47 Å². The monoisotopic (exact) mass is 498 g/mol. The van der Waals surface area contributed by atoms with Crippen LogP contribution in [0, 0.1) is 0 Å². The number of morpholine rings is 2. The smallest absolute Gasteiger partial charge is 0.229 e. The van der Waals surface area contributed by atoms with Crippen LogP contribution in [0.4, 0.5) is 11.8 Å². The summed E-state index contributed by atoms with van der Waals surface area (Å²) in [6.45, 7) is 11.1. The third-order valence-corrected chi connectivity index (χ3v) is 7.97. The van der Waals surface area contributed by atoms with E-state index in [9.17, 15) is 0 Å². The Morgan fingerprint density at radius 3 is 2.49 bits per heavy atom. The zero-order valence-electron chi connectivity index (χ0n) is 20.1. The number of aromatic nitrogens is 4. The Bertz CT molecular complexity index is 1090. The van der Waals surface area contributed by atoms with E-state index >= 15 is 0 Å². The number of hydrogen-bond acceptors (Lipinski definition) is 10. The molecule has 6 heterocycles. The summed E-state index contributed by atoms with van der Waals surface area (Å²) in [5, 5.41) is 7.79. The van der Waals surface area contributed by atoms with Crippen molar-refractivity contribution in [3.63, 3.8) is 0 Å². The highest BCUT2D eigenvalue weighted by atomic mass is 32.1. The zero-order valence-corrected chi connectivity index (χ0v) is 21.0. The summed E-state index contributed by atoms with van der Waals surface area (Å²) in [6.07, 6.45) is 4.12. The standard InChI is InChI=1S/C24H34N8O2S/c1-5-31(6-2-19(1)30-10-14-34-15-11-30)24-27-22(25-4-7-29-8-12-33-13-9-29)21-23(28-24)32(18-26-21)20-3-16-35-17-20/h3,16-19H,1-2,4-15H2,(H,25,27,28). The van der Waals surface area contributed by atoms with Gasteiger partial charge in [-0.2, -0.15) is 21.3 Å². The molecule has 3 aromatic rings. The summed E-state index contributed by atoms with van der Waals surface area (Å²) in [5.41, 5.74) is 2.77. The largest absolute Gasteiger partial charge is 0.379 e. The molecule has 11 heteroatoms. The molecule has 10 nitrogen and oxygen atoms in total. The number of imidazole rings is 1. The van der Waals surface area contributed by atoms with Crippen LogP contribution in [0.5, 0.6) is 0 Å². The lowest BCUT2D eigenvalue weighted by Gasteiger charge is -2.40. The molecule has 188 valence electrons. The fraction of sp³-hybridized carbons (Fsp3) is 0.625. The van der Waals surface area contributed by atoms with E-state index in [1.165, 1.54) is 0 Å². The van der Waals surface area contributed by atoms with Crippen LogP contribution in [0.1, 0.15) is 12.8 Å². The molecule has 3 fully saturated rings. The highest BCUT2D eigenvalue weighted by Crippen LogP contribution is 2.28. The average Bonchev–Trinajstić information content (AvgIpc) is 3.60. The van der Waals surface area contributed by atoms with Gasteiger partial charge in [-0.1, -0.05) is 0 Å². The number of anilines is 2. The van der Waals surface area contributed by atoms with Crippen molar-refractivity contribution in [2.75, 3.05) is 89.0 Å². The van der Waals surface area contributed by atoms with E-state index in [1.54, 1.807) is 11.3 Å². The van der Waals surface area contributed by atoms with E-state index in [0.29, 0.717) is 6.04 Å². The van der Waals surface area contributed by atoms with Gasteiger partial charge in [-0.25, -0.2) is 4.98 Å². The summed E-state index contributed by atoms with van der Waals surface area (Å²) < 4.78 is 13.1. The SMILES string of the molecule is c1cc(-n2cnc3c(NCCN4CCOCC4)nc(N4CCC(N5CCOCC5)CC4)nc32)cs1. The van der Waals surface area contributed by atoms with Crippen molar-refractivity contribution in [3.05, 3.63) is 23.2 Å². The minimum absolute atomic E-state index is 0.626. The van der Waals surface area contributed by atoms with Crippen molar-refractivity contribution in [2.45, 2.75) is 18.9 Å². The molecular weight excluding hydrogens is 464 g/mol. The van der Waals surface area contributed by atoms with Crippen molar-refractivity contribution in [3.8, 4) is 5.69 Å². The lowest BCUT2D eigenvalue weighted by atomic mass is 10.0. The predicted octanol–water partition coefficient (Wildman–Crippen LogP) is 1.92. The number of rotatable bonds is 7. The molecule has 0 atom stereocenters. The molecule has 35 heavy (non-hydrogen) atoms. The first kappa shape index (κ1) is 23.1. The number of fused-ring (bicyclic) bond motifs is 1. The highest BCUT2D eigenvalue weighted by Gasteiger charge is 2.28. The maximum atomic E-state index is 5.54. The molecule has 0 saturated carbocycles. The first-order chi connectivity index (χ1) is 17.3. The van der Waals surface area contributed by atoms with E-state index in [-0.39, 0.29) is 0 Å². The quantitative estimate of drug-likeness (QED) is 0.525. The molecular formula is C24H34N8O2S. The van der Waals surface area contributed by atoms with Crippen LogP contribution in [0.25, 0.3) is 16.9 Å². The number of piperidine rings is 1. The molecule has 3 saturated heterocycles.